The summed E-state index contributed by atoms with van der Waals surface area (Å²) in [6.07, 6.45) is 0.00445. The van der Waals surface area contributed by atoms with Crippen LogP contribution in [0.15, 0.2) is 53.2 Å². The minimum Gasteiger partial charge on any atom is -0.274 e. The van der Waals surface area contributed by atoms with Crippen LogP contribution in [-0.2, 0) is 19.2 Å². The standard InChI is InChI=1S/C18H11ClN2O4/c19-15-16(21-13(22)8-9-14(21)23)18(25)20(17(15)24)12-7-3-5-10-4-1-2-6-11(10)12/h1-7H,8-9H2. The van der Waals surface area contributed by atoms with Crippen molar-refractivity contribution in [3.63, 3.8) is 0 Å². The maximum atomic E-state index is 12.9. The summed E-state index contributed by atoms with van der Waals surface area (Å²) in [6.45, 7) is 0. The van der Waals surface area contributed by atoms with Crippen LogP contribution in [0.1, 0.15) is 12.8 Å². The molecule has 2 aromatic carbocycles. The fraction of sp³-hybridized carbons (Fsp3) is 0.111. The molecule has 4 amide bonds. The van der Waals surface area contributed by atoms with Gasteiger partial charge >= 0.3 is 0 Å². The molecule has 0 N–H and O–H groups in total. The molecule has 0 unspecified atom stereocenters. The minimum absolute atomic E-state index is 0.00222. The molecule has 2 heterocycles. The first-order valence-electron chi connectivity index (χ1n) is 7.63. The van der Waals surface area contributed by atoms with Gasteiger partial charge in [-0.1, -0.05) is 48.0 Å². The number of imide groups is 2. The molecule has 25 heavy (non-hydrogen) atoms. The summed E-state index contributed by atoms with van der Waals surface area (Å²) in [4.78, 5) is 51.0. The molecular formula is C18H11ClN2O4. The molecule has 0 aromatic heterocycles. The van der Waals surface area contributed by atoms with Crippen LogP contribution in [0.3, 0.4) is 0 Å². The van der Waals surface area contributed by atoms with Crippen molar-refractivity contribution < 1.29 is 19.2 Å². The van der Waals surface area contributed by atoms with E-state index in [9.17, 15) is 19.2 Å². The molecule has 2 aromatic rings. The summed E-state index contributed by atoms with van der Waals surface area (Å²) < 4.78 is 0. The molecule has 1 fully saturated rings. The third kappa shape index (κ3) is 2.18. The Morgan fingerprint density at radius 3 is 2.12 bits per heavy atom. The van der Waals surface area contributed by atoms with E-state index < -0.39 is 28.7 Å². The number of anilines is 1. The van der Waals surface area contributed by atoms with Gasteiger partial charge in [0.2, 0.25) is 11.8 Å². The molecule has 0 spiro atoms. The summed E-state index contributed by atoms with van der Waals surface area (Å²) in [5.41, 5.74) is 0.00689. The number of likely N-dealkylation sites (tertiary alicyclic amines) is 1. The van der Waals surface area contributed by atoms with Gasteiger partial charge in [0, 0.05) is 18.2 Å². The first-order valence-corrected chi connectivity index (χ1v) is 8.00. The van der Waals surface area contributed by atoms with Gasteiger partial charge in [0.05, 0.1) is 5.69 Å². The molecule has 2 aliphatic heterocycles. The van der Waals surface area contributed by atoms with E-state index >= 15 is 0 Å². The molecule has 0 aliphatic carbocycles. The zero-order valence-corrected chi connectivity index (χ0v) is 13.6. The Morgan fingerprint density at radius 1 is 0.760 bits per heavy atom. The van der Waals surface area contributed by atoms with E-state index in [2.05, 4.69) is 0 Å². The lowest BCUT2D eigenvalue weighted by Gasteiger charge is -2.19. The second kappa shape index (κ2) is 5.53. The SMILES string of the molecule is O=C1CCC(=O)N1C1=C(Cl)C(=O)N(c2cccc3ccccc23)C1=O. The highest BCUT2D eigenvalue weighted by atomic mass is 35.5. The van der Waals surface area contributed by atoms with Gasteiger partial charge in [-0.2, -0.15) is 0 Å². The molecule has 0 bridgehead atoms. The van der Waals surface area contributed by atoms with Gasteiger partial charge in [0.1, 0.15) is 10.7 Å². The van der Waals surface area contributed by atoms with Crippen LogP contribution in [0, 0.1) is 0 Å². The molecule has 6 nitrogen and oxygen atoms in total. The average molecular weight is 355 g/mol. The fourth-order valence-corrected chi connectivity index (χ4v) is 3.38. The number of hydrogen-bond donors (Lipinski definition) is 0. The molecule has 7 heteroatoms. The molecule has 4 rings (SSSR count). The van der Waals surface area contributed by atoms with Crippen LogP contribution < -0.4 is 4.90 Å². The number of benzene rings is 2. The molecule has 0 radical (unpaired) electrons. The zero-order valence-electron chi connectivity index (χ0n) is 12.9. The van der Waals surface area contributed by atoms with Gasteiger partial charge in [-0.05, 0) is 11.5 Å². The molecule has 2 aliphatic rings. The highest BCUT2D eigenvalue weighted by Gasteiger charge is 2.47. The van der Waals surface area contributed by atoms with Crippen molar-refractivity contribution in [2.24, 2.45) is 0 Å². The van der Waals surface area contributed by atoms with Crippen molar-refractivity contribution in [1.82, 2.24) is 4.90 Å². The smallest absolute Gasteiger partial charge is 0.274 e. The second-order valence-corrected chi connectivity index (χ2v) is 6.11. The number of carbonyl (C=O) groups is 4. The van der Waals surface area contributed by atoms with Crippen LogP contribution in [0.2, 0.25) is 0 Å². The Hall–Kier alpha value is -2.99. The third-order valence-corrected chi connectivity index (χ3v) is 4.63. The topological polar surface area (TPSA) is 74.8 Å². The molecule has 0 saturated carbocycles. The van der Waals surface area contributed by atoms with Crippen molar-refractivity contribution in [2.75, 3.05) is 4.90 Å². The largest absolute Gasteiger partial charge is 0.284 e. The lowest BCUT2D eigenvalue weighted by molar-refractivity contribution is -0.138. The Kier molecular flexibility index (Phi) is 3.43. The first kappa shape index (κ1) is 15.5. The maximum Gasteiger partial charge on any atom is 0.284 e. The highest BCUT2D eigenvalue weighted by Crippen LogP contribution is 2.36. The Labute approximate surface area is 147 Å². The number of halogens is 1. The van der Waals surface area contributed by atoms with Crippen LogP contribution >= 0.6 is 11.6 Å². The quantitative estimate of drug-likeness (QED) is 0.776. The number of carbonyl (C=O) groups excluding carboxylic acids is 4. The normalized spacial score (nSPS) is 18.3. The average Bonchev–Trinajstić information content (AvgIpc) is 3.04. The van der Waals surface area contributed by atoms with E-state index in [0.29, 0.717) is 11.1 Å². The number of amides is 4. The number of fused-ring (bicyclic) bond motifs is 1. The molecule has 1 saturated heterocycles. The van der Waals surface area contributed by atoms with Crippen molar-refractivity contribution in [1.29, 1.82) is 0 Å². The van der Waals surface area contributed by atoms with Gasteiger partial charge in [0.25, 0.3) is 11.8 Å². The second-order valence-electron chi connectivity index (χ2n) is 5.73. The van der Waals surface area contributed by atoms with Crippen LogP contribution in [0.5, 0.6) is 0 Å². The van der Waals surface area contributed by atoms with Crippen molar-refractivity contribution in [3.05, 3.63) is 53.2 Å². The van der Waals surface area contributed by atoms with Crippen molar-refractivity contribution in [3.8, 4) is 0 Å². The fourth-order valence-electron chi connectivity index (χ4n) is 3.13. The lowest BCUT2D eigenvalue weighted by Crippen LogP contribution is -2.37. The Bertz CT molecular complexity index is 990. The van der Waals surface area contributed by atoms with Gasteiger partial charge in [-0.25, -0.2) is 9.80 Å². The Balaban J connectivity index is 1.84. The monoisotopic (exact) mass is 354 g/mol. The Morgan fingerprint density at radius 2 is 1.40 bits per heavy atom. The van der Waals surface area contributed by atoms with E-state index in [1.165, 1.54) is 0 Å². The van der Waals surface area contributed by atoms with Gasteiger partial charge in [0.15, 0.2) is 0 Å². The highest BCUT2D eigenvalue weighted by molar-refractivity contribution is 6.53. The van der Waals surface area contributed by atoms with Crippen molar-refractivity contribution in [2.45, 2.75) is 12.8 Å². The van der Waals surface area contributed by atoms with Crippen LogP contribution in [0.4, 0.5) is 5.69 Å². The minimum atomic E-state index is -0.769. The van der Waals surface area contributed by atoms with Gasteiger partial charge in [-0.15, -0.1) is 0 Å². The van der Waals surface area contributed by atoms with Crippen molar-refractivity contribution >= 4 is 51.7 Å². The molecule has 0 atom stereocenters. The summed E-state index contributed by atoms with van der Waals surface area (Å²) in [6, 6.07) is 12.5. The van der Waals surface area contributed by atoms with Gasteiger partial charge in [-0.3, -0.25) is 19.2 Å². The van der Waals surface area contributed by atoms with Gasteiger partial charge < -0.3 is 0 Å². The number of hydrogen-bond acceptors (Lipinski definition) is 4. The van der Waals surface area contributed by atoms with E-state index in [4.69, 9.17) is 11.6 Å². The van der Waals surface area contributed by atoms with Crippen LogP contribution in [-0.4, -0.2) is 28.5 Å². The lowest BCUT2D eigenvalue weighted by atomic mass is 10.1. The number of rotatable bonds is 2. The molecular weight excluding hydrogens is 344 g/mol. The maximum absolute atomic E-state index is 12.9. The van der Waals surface area contributed by atoms with E-state index in [1.807, 2.05) is 18.2 Å². The molecule has 124 valence electrons. The first-order chi connectivity index (χ1) is 12.0. The van der Waals surface area contributed by atoms with E-state index in [0.717, 1.165) is 15.2 Å². The predicted molar refractivity (Wildman–Crippen MR) is 90.4 cm³/mol. The third-order valence-electron chi connectivity index (χ3n) is 4.29. The number of nitrogens with zero attached hydrogens (tertiary/aromatic N) is 2. The van der Waals surface area contributed by atoms with Crippen LogP contribution in [0.25, 0.3) is 10.8 Å². The summed E-state index contributed by atoms with van der Waals surface area (Å²) >= 11 is 6.05. The van der Waals surface area contributed by atoms with E-state index in [-0.39, 0.29) is 18.5 Å². The summed E-state index contributed by atoms with van der Waals surface area (Å²) in [5.74, 6) is -2.57. The zero-order chi connectivity index (χ0) is 17.7. The van der Waals surface area contributed by atoms with E-state index in [1.54, 1.807) is 24.3 Å². The predicted octanol–water partition coefficient (Wildman–Crippen LogP) is 2.31. The summed E-state index contributed by atoms with van der Waals surface area (Å²) in [5, 5.41) is 1.12. The summed E-state index contributed by atoms with van der Waals surface area (Å²) in [7, 11) is 0.